The number of nitrogens with two attached hydrogens (primary N) is 1. The van der Waals surface area contributed by atoms with E-state index in [0.29, 0.717) is 0 Å². The van der Waals surface area contributed by atoms with E-state index < -0.39 is 0 Å². The van der Waals surface area contributed by atoms with Gasteiger partial charge in [0, 0.05) is 24.8 Å². The SMILES string of the molecule is CCN(C[C@H](C)N)c1ccc(C)cc1. The number of benzene rings is 1. The van der Waals surface area contributed by atoms with Crippen LogP contribution in [0.25, 0.3) is 0 Å². The van der Waals surface area contributed by atoms with Gasteiger partial charge in [0.2, 0.25) is 0 Å². The molecule has 1 atom stereocenters. The van der Waals surface area contributed by atoms with Gasteiger partial charge in [-0.05, 0) is 32.9 Å². The number of anilines is 1. The zero-order chi connectivity index (χ0) is 10.6. The van der Waals surface area contributed by atoms with Crippen LogP contribution in [-0.2, 0) is 0 Å². The van der Waals surface area contributed by atoms with Crippen molar-refractivity contribution in [3.63, 3.8) is 0 Å². The Bertz CT molecular complexity index is 264. The number of aryl methyl sites for hydroxylation is 1. The smallest absolute Gasteiger partial charge is 0.0366 e. The van der Waals surface area contributed by atoms with E-state index in [9.17, 15) is 0 Å². The van der Waals surface area contributed by atoms with Crippen LogP contribution in [0.1, 0.15) is 19.4 Å². The van der Waals surface area contributed by atoms with Crippen LogP contribution in [0.4, 0.5) is 5.69 Å². The highest BCUT2D eigenvalue weighted by molar-refractivity contribution is 5.47. The number of hydrogen-bond donors (Lipinski definition) is 1. The highest BCUT2D eigenvalue weighted by atomic mass is 15.1. The molecule has 0 amide bonds. The Kier molecular flexibility index (Phi) is 3.96. The van der Waals surface area contributed by atoms with Crippen molar-refractivity contribution in [1.29, 1.82) is 0 Å². The fraction of sp³-hybridized carbons (Fsp3) is 0.500. The molecule has 78 valence electrons. The van der Waals surface area contributed by atoms with Crippen LogP contribution in [0, 0.1) is 6.92 Å². The van der Waals surface area contributed by atoms with E-state index in [1.54, 1.807) is 0 Å². The first-order chi connectivity index (χ1) is 6.63. The summed E-state index contributed by atoms with van der Waals surface area (Å²) in [7, 11) is 0. The largest absolute Gasteiger partial charge is 0.370 e. The minimum Gasteiger partial charge on any atom is -0.370 e. The Morgan fingerprint density at radius 1 is 1.29 bits per heavy atom. The summed E-state index contributed by atoms with van der Waals surface area (Å²) in [5.41, 5.74) is 8.35. The maximum atomic E-state index is 5.79. The van der Waals surface area contributed by atoms with E-state index in [-0.39, 0.29) is 6.04 Å². The van der Waals surface area contributed by atoms with Crippen LogP contribution < -0.4 is 10.6 Å². The van der Waals surface area contributed by atoms with Gasteiger partial charge < -0.3 is 10.6 Å². The predicted molar refractivity (Wildman–Crippen MR) is 62.7 cm³/mol. The molecule has 0 aromatic heterocycles. The van der Waals surface area contributed by atoms with Crippen molar-refractivity contribution in [1.82, 2.24) is 0 Å². The second-order valence-corrected chi connectivity index (χ2v) is 3.85. The molecule has 14 heavy (non-hydrogen) atoms. The quantitative estimate of drug-likeness (QED) is 0.792. The lowest BCUT2D eigenvalue weighted by molar-refractivity contribution is 0.689. The molecule has 0 bridgehead atoms. The average Bonchev–Trinajstić information content (AvgIpc) is 2.15. The van der Waals surface area contributed by atoms with Crippen LogP contribution >= 0.6 is 0 Å². The molecule has 0 aliphatic heterocycles. The van der Waals surface area contributed by atoms with E-state index in [1.165, 1.54) is 11.3 Å². The van der Waals surface area contributed by atoms with Crippen molar-refractivity contribution in [2.45, 2.75) is 26.8 Å². The molecule has 0 radical (unpaired) electrons. The van der Waals surface area contributed by atoms with Crippen LogP contribution in [0.5, 0.6) is 0 Å². The molecule has 2 N–H and O–H groups in total. The summed E-state index contributed by atoms with van der Waals surface area (Å²) in [5, 5.41) is 0. The van der Waals surface area contributed by atoms with E-state index >= 15 is 0 Å². The minimum absolute atomic E-state index is 0.219. The van der Waals surface area contributed by atoms with Crippen LogP contribution in [0.2, 0.25) is 0 Å². The number of nitrogens with zero attached hydrogens (tertiary/aromatic N) is 1. The van der Waals surface area contributed by atoms with E-state index in [2.05, 4.69) is 43.0 Å². The fourth-order valence-electron chi connectivity index (χ4n) is 1.52. The lowest BCUT2D eigenvalue weighted by atomic mass is 10.2. The first-order valence-corrected chi connectivity index (χ1v) is 5.20. The first kappa shape index (κ1) is 11.1. The van der Waals surface area contributed by atoms with Gasteiger partial charge in [0.05, 0.1) is 0 Å². The number of rotatable bonds is 4. The number of hydrogen-bond acceptors (Lipinski definition) is 2. The zero-order valence-electron chi connectivity index (χ0n) is 9.33. The summed E-state index contributed by atoms with van der Waals surface area (Å²) in [6.07, 6.45) is 0. The topological polar surface area (TPSA) is 29.3 Å². The molecule has 2 heteroatoms. The Morgan fingerprint density at radius 3 is 2.29 bits per heavy atom. The second kappa shape index (κ2) is 5.01. The molecule has 0 unspecified atom stereocenters. The Morgan fingerprint density at radius 2 is 1.86 bits per heavy atom. The molecule has 0 saturated carbocycles. The van der Waals surface area contributed by atoms with Gasteiger partial charge in [-0.15, -0.1) is 0 Å². The van der Waals surface area contributed by atoms with Gasteiger partial charge in [0.15, 0.2) is 0 Å². The molecule has 1 rings (SSSR count). The van der Waals surface area contributed by atoms with Gasteiger partial charge in [-0.2, -0.15) is 0 Å². The van der Waals surface area contributed by atoms with Crippen molar-refractivity contribution in [3.05, 3.63) is 29.8 Å². The van der Waals surface area contributed by atoms with Crippen molar-refractivity contribution >= 4 is 5.69 Å². The highest BCUT2D eigenvalue weighted by Crippen LogP contribution is 2.14. The summed E-state index contributed by atoms with van der Waals surface area (Å²) >= 11 is 0. The molecule has 2 nitrogen and oxygen atoms in total. The first-order valence-electron chi connectivity index (χ1n) is 5.20. The predicted octanol–water partition coefficient (Wildman–Crippen LogP) is 2.17. The van der Waals surface area contributed by atoms with E-state index in [4.69, 9.17) is 5.73 Å². The normalized spacial score (nSPS) is 12.6. The Labute approximate surface area is 86.7 Å². The molecule has 0 saturated heterocycles. The molecule has 0 heterocycles. The average molecular weight is 192 g/mol. The van der Waals surface area contributed by atoms with Gasteiger partial charge in [0.1, 0.15) is 0 Å². The van der Waals surface area contributed by atoms with Crippen LogP contribution in [-0.4, -0.2) is 19.1 Å². The fourth-order valence-corrected chi connectivity index (χ4v) is 1.52. The maximum Gasteiger partial charge on any atom is 0.0366 e. The molecule has 0 fully saturated rings. The Hall–Kier alpha value is -1.02. The summed E-state index contributed by atoms with van der Waals surface area (Å²) in [4.78, 5) is 2.30. The molecular weight excluding hydrogens is 172 g/mol. The van der Waals surface area contributed by atoms with Crippen molar-refractivity contribution in [2.24, 2.45) is 5.73 Å². The zero-order valence-corrected chi connectivity index (χ0v) is 9.33. The van der Waals surface area contributed by atoms with E-state index in [1.807, 2.05) is 6.92 Å². The molecule has 1 aromatic rings. The van der Waals surface area contributed by atoms with Gasteiger partial charge in [-0.3, -0.25) is 0 Å². The Balaban J connectivity index is 2.73. The highest BCUT2D eigenvalue weighted by Gasteiger charge is 2.05. The third-order valence-electron chi connectivity index (χ3n) is 2.29. The summed E-state index contributed by atoms with van der Waals surface area (Å²) in [5.74, 6) is 0. The van der Waals surface area contributed by atoms with Crippen molar-refractivity contribution in [3.8, 4) is 0 Å². The minimum atomic E-state index is 0.219. The number of likely N-dealkylation sites (N-methyl/N-ethyl adjacent to an activating group) is 1. The van der Waals surface area contributed by atoms with Crippen LogP contribution in [0.3, 0.4) is 0 Å². The lowest BCUT2D eigenvalue weighted by Gasteiger charge is -2.25. The maximum absolute atomic E-state index is 5.79. The van der Waals surface area contributed by atoms with Gasteiger partial charge >= 0.3 is 0 Å². The molecule has 0 spiro atoms. The molecule has 1 aromatic carbocycles. The molecular formula is C12H20N2. The standard InChI is InChI=1S/C12H20N2/c1-4-14(9-11(3)13)12-7-5-10(2)6-8-12/h5-8,11H,4,9,13H2,1-3H3/t11-/m0/s1. The summed E-state index contributed by atoms with van der Waals surface area (Å²) < 4.78 is 0. The second-order valence-electron chi connectivity index (χ2n) is 3.85. The van der Waals surface area contributed by atoms with Crippen molar-refractivity contribution in [2.75, 3.05) is 18.0 Å². The summed E-state index contributed by atoms with van der Waals surface area (Å²) in [6.45, 7) is 8.22. The summed E-state index contributed by atoms with van der Waals surface area (Å²) in [6, 6.07) is 8.80. The lowest BCUT2D eigenvalue weighted by Crippen LogP contribution is -2.35. The van der Waals surface area contributed by atoms with Crippen LogP contribution in [0.15, 0.2) is 24.3 Å². The molecule has 0 aliphatic carbocycles. The monoisotopic (exact) mass is 192 g/mol. The third kappa shape index (κ3) is 3.04. The van der Waals surface area contributed by atoms with E-state index in [0.717, 1.165) is 13.1 Å². The van der Waals surface area contributed by atoms with Gasteiger partial charge in [0.25, 0.3) is 0 Å². The van der Waals surface area contributed by atoms with Gasteiger partial charge in [-0.1, -0.05) is 17.7 Å². The third-order valence-corrected chi connectivity index (χ3v) is 2.29. The van der Waals surface area contributed by atoms with Gasteiger partial charge in [-0.25, -0.2) is 0 Å². The molecule has 0 aliphatic rings. The van der Waals surface area contributed by atoms with Crippen molar-refractivity contribution < 1.29 is 0 Å².